The molecule has 1 amide bonds. The number of fused-ring (bicyclic) bond motifs is 1. The van der Waals surface area contributed by atoms with E-state index in [-0.39, 0.29) is 5.91 Å². The van der Waals surface area contributed by atoms with Crippen LogP contribution in [0.2, 0.25) is 0 Å². The van der Waals surface area contributed by atoms with Crippen molar-refractivity contribution in [2.75, 3.05) is 44.7 Å². The Hall–Kier alpha value is -1.73. The van der Waals surface area contributed by atoms with Gasteiger partial charge in [-0.3, -0.25) is 14.8 Å². The topological polar surface area (TPSA) is 61.4 Å². The highest BCUT2D eigenvalue weighted by Crippen LogP contribution is 2.24. The number of piperazine rings is 1. The van der Waals surface area contributed by atoms with Crippen LogP contribution in [0.5, 0.6) is 0 Å². The molecule has 1 N–H and O–H groups in total. The molecule has 0 aliphatic carbocycles. The predicted molar refractivity (Wildman–Crippen MR) is 90.0 cm³/mol. The Balaban J connectivity index is 1.79. The summed E-state index contributed by atoms with van der Waals surface area (Å²) in [5, 5.41) is 3.25. The van der Waals surface area contributed by atoms with Gasteiger partial charge in [-0.15, -0.1) is 0 Å². The molecule has 0 radical (unpaired) electrons. The lowest BCUT2D eigenvalue weighted by molar-refractivity contribution is -0.130. The lowest BCUT2D eigenvalue weighted by Crippen LogP contribution is -2.49. The number of nitrogens with one attached hydrogen (secondary N) is 1. The van der Waals surface area contributed by atoms with Crippen LogP contribution in [0.3, 0.4) is 0 Å². The number of halogens is 1. The van der Waals surface area contributed by atoms with Crippen molar-refractivity contribution in [3.63, 3.8) is 0 Å². The molecule has 1 fully saturated rings. The fraction of sp³-hybridized carbons (Fsp3) is 0.400. The van der Waals surface area contributed by atoms with Gasteiger partial charge in [0.1, 0.15) is 5.52 Å². The SMILES string of the molecule is CN(CC(=O)N1CCNCC1)c1ccnc2cc(Br)cnc12. The molecule has 116 valence electrons. The Bertz CT molecular complexity index is 687. The van der Waals surface area contributed by atoms with Gasteiger partial charge in [-0.1, -0.05) is 0 Å². The van der Waals surface area contributed by atoms with Crippen molar-refractivity contribution < 1.29 is 4.79 Å². The number of aromatic nitrogens is 2. The standard InChI is InChI=1S/C15H18BrN5O/c1-20(10-14(22)21-6-4-17-5-7-21)13-2-3-18-12-8-11(16)9-19-15(12)13/h2-3,8-9,17H,4-7,10H2,1H3. The molecule has 2 aromatic rings. The minimum absolute atomic E-state index is 0.145. The number of rotatable bonds is 3. The summed E-state index contributed by atoms with van der Waals surface area (Å²) < 4.78 is 0.893. The molecule has 0 unspecified atom stereocenters. The molecule has 7 heteroatoms. The Morgan fingerprint density at radius 1 is 1.41 bits per heavy atom. The van der Waals surface area contributed by atoms with Crippen LogP contribution in [0, 0.1) is 0 Å². The Labute approximate surface area is 137 Å². The number of amides is 1. The van der Waals surface area contributed by atoms with Crippen LogP contribution in [-0.2, 0) is 4.79 Å². The van der Waals surface area contributed by atoms with E-state index in [1.165, 1.54) is 0 Å². The summed E-state index contributed by atoms with van der Waals surface area (Å²) in [6, 6.07) is 3.83. The molecule has 0 saturated carbocycles. The Kier molecular flexibility index (Phi) is 4.54. The lowest BCUT2D eigenvalue weighted by atomic mass is 10.2. The van der Waals surface area contributed by atoms with Crippen molar-refractivity contribution in [1.82, 2.24) is 20.2 Å². The molecule has 1 aliphatic rings. The molecular weight excluding hydrogens is 346 g/mol. The molecule has 2 aromatic heterocycles. The maximum absolute atomic E-state index is 12.4. The first-order chi connectivity index (χ1) is 10.6. The second-order valence-corrected chi connectivity index (χ2v) is 6.25. The maximum Gasteiger partial charge on any atom is 0.242 e. The van der Waals surface area contributed by atoms with Crippen LogP contribution in [0.4, 0.5) is 5.69 Å². The lowest BCUT2D eigenvalue weighted by Gasteiger charge is -2.30. The van der Waals surface area contributed by atoms with E-state index in [4.69, 9.17) is 0 Å². The van der Waals surface area contributed by atoms with E-state index in [9.17, 15) is 4.79 Å². The summed E-state index contributed by atoms with van der Waals surface area (Å²) >= 11 is 3.40. The van der Waals surface area contributed by atoms with Crippen LogP contribution in [0.25, 0.3) is 11.0 Å². The fourth-order valence-electron chi connectivity index (χ4n) is 2.60. The third kappa shape index (κ3) is 3.20. The minimum Gasteiger partial charge on any atom is -0.363 e. The van der Waals surface area contributed by atoms with Crippen molar-refractivity contribution in [1.29, 1.82) is 0 Å². The molecular formula is C15H18BrN5O. The third-order valence-corrected chi connectivity index (χ3v) is 4.21. The second kappa shape index (κ2) is 6.58. The normalized spacial score (nSPS) is 15.1. The second-order valence-electron chi connectivity index (χ2n) is 5.34. The van der Waals surface area contributed by atoms with Gasteiger partial charge in [0.25, 0.3) is 0 Å². The zero-order chi connectivity index (χ0) is 15.5. The molecule has 6 nitrogen and oxygen atoms in total. The van der Waals surface area contributed by atoms with E-state index >= 15 is 0 Å². The van der Waals surface area contributed by atoms with E-state index in [0.717, 1.165) is 47.4 Å². The summed E-state index contributed by atoms with van der Waals surface area (Å²) in [6.45, 7) is 3.62. The summed E-state index contributed by atoms with van der Waals surface area (Å²) in [6.07, 6.45) is 3.50. The molecule has 1 saturated heterocycles. The third-order valence-electron chi connectivity index (χ3n) is 3.78. The number of carbonyl (C=O) groups is 1. The summed E-state index contributed by atoms with van der Waals surface area (Å²) in [4.78, 5) is 25.0. The fourth-order valence-corrected chi connectivity index (χ4v) is 2.92. The van der Waals surface area contributed by atoms with Gasteiger partial charge in [-0.05, 0) is 28.1 Å². The summed E-state index contributed by atoms with van der Waals surface area (Å²) in [5.41, 5.74) is 2.54. The quantitative estimate of drug-likeness (QED) is 0.889. The van der Waals surface area contributed by atoms with E-state index in [2.05, 4.69) is 31.2 Å². The Morgan fingerprint density at radius 2 is 2.18 bits per heavy atom. The molecule has 0 atom stereocenters. The van der Waals surface area contributed by atoms with Gasteiger partial charge in [0.2, 0.25) is 5.91 Å². The van der Waals surface area contributed by atoms with E-state index in [1.807, 2.05) is 29.0 Å². The van der Waals surface area contributed by atoms with Crippen molar-refractivity contribution in [3.8, 4) is 0 Å². The average molecular weight is 364 g/mol. The van der Waals surface area contributed by atoms with Crippen LogP contribution >= 0.6 is 15.9 Å². The smallest absolute Gasteiger partial charge is 0.242 e. The van der Waals surface area contributed by atoms with Crippen LogP contribution in [0.1, 0.15) is 0 Å². The number of carbonyl (C=O) groups excluding carboxylic acids is 1. The molecule has 1 aliphatic heterocycles. The van der Waals surface area contributed by atoms with Gasteiger partial charge in [0.05, 0.1) is 17.7 Å². The van der Waals surface area contributed by atoms with E-state index in [1.54, 1.807) is 12.4 Å². The van der Waals surface area contributed by atoms with Gasteiger partial charge >= 0.3 is 0 Å². The highest BCUT2D eigenvalue weighted by Gasteiger charge is 2.19. The number of pyridine rings is 2. The monoisotopic (exact) mass is 363 g/mol. The zero-order valence-electron chi connectivity index (χ0n) is 12.4. The first-order valence-electron chi connectivity index (χ1n) is 7.25. The average Bonchev–Trinajstić information content (AvgIpc) is 2.54. The van der Waals surface area contributed by atoms with Gasteiger partial charge in [0.15, 0.2) is 0 Å². The Morgan fingerprint density at radius 3 is 2.95 bits per heavy atom. The summed E-state index contributed by atoms with van der Waals surface area (Å²) in [5.74, 6) is 0.145. The number of likely N-dealkylation sites (N-methyl/N-ethyl adjacent to an activating group) is 1. The number of hydrogen-bond donors (Lipinski definition) is 1. The molecule has 0 spiro atoms. The van der Waals surface area contributed by atoms with Gasteiger partial charge in [0, 0.05) is 50.1 Å². The van der Waals surface area contributed by atoms with Crippen molar-refractivity contribution in [3.05, 3.63) is 29.0 Å². The van der Waals surface area contributed by atoms with E-state index < -0.39 is 0 Å². The summed E-state index contributed by atoms with van der Waals surface area (Å²) in [7, 11) is 1.92. The first kappa shape index (κ1) is 15.2. The van der Waals surface area contributed by atoms with Crippen molar-refractivity contribution in [2.45, 2.75) is 0 Å². The van der Waals surface area contributed by atoms with Crippen LogP contribution < -0.4 is 10.2 Å². The van der Waals surface area contributed by atoms with E-state index in [0.29, 0.717) is 6.54 Å². The van der Waals surface area contributed by atoms with Gasteiger partial charge in [-0.2, -0.15) is 0 Å². The highest BCUT2D eigenvalue weighted by molar-refractivity contribution is 9.10. The molecule has 22 heavy (non-hydrogen) atoms. The number of nitrogens with zero attached hydrogens (tertiary/aromatic N) is 4. The van der Waals surface area contributed by atoms with Crippen molar-refractivity contribution >= 4 is 38.6 Å². The molecule has 0 aromatic carbocycles. The predicted octanol–water partition coefficient (Wildman–Crippen LogP) is 1.26. The number of hydrogen-bond acceptors (Lipinski definition) is 5. The van der Waals surface area contributed by atoms with Crippen LogP contribution in [-0.4, -0.2) is 60.5 Å². The first-order valence-corrected chi connectivity index (χ1v) is 8.04. The molecule has 3 rings (SSSR count). The van der Waals surface area contributed by atoms with Gasteiger partial charge < -0.3 is 15.1 Å². The molecule has 0 bridgehead atoms. The van der Waals surface area contributed by atoms with Crippen LogP contribution in [0.15, 0.2) is 29.0 Å². The maximum atomic E-state index is 12.4. The minimum atomic E-state index is 0.145. The number of anilines is 1. The van der Waals surface area contributed by atoms with Gasteiger partial charge in [-0.25, -0.2) is 0 Å². The highest BCUT2D eigenvalue weighted by atomic mass is 79.9. The molecule has 3 heterocycles. The largest absolute Gasteiger partial charge is 0.363 e. The zero-order valence-corrected chi connectivity index (χ0v) is 14.0. The van der Waals surface area contributed by atoms with Crippen molar-refractivity contribution in [2.24, 2.45) is 0 Å².